The van der Waals surface area contributed by atoms with Crippen LogP contribution in [-0.4, -0.2) is 18.5 Å². The first-order valence-electron chi connectivity index (χ1n) is 6.65. The van der Waals surface area contributed by atoms with Gasteiger partial charge in [0.2, 0.25) is 5.91 Å². The predicted molar refractivity (Wildman–Crippen MR) is 71.5 cm³/mol. The van der Waals surface area contributed by atoms with E-state index in [1.165, 1.54) is 0 Å². The van der Waals surface area contributed by atoms with E-state index in [9.17, 15) is 4.79 Å². The number of hydrogen-bond donors (Lipinski definition) is 2. The molecule has 3 nitrogen and oxygen atoms in total. The Balaban J connectivity index is 2.56. The predicted octanol–water partition coefficient (Wildman–Crippen LogP) is 2.16. The third kappa shape index (κ3) is 2.65. The third-order valence-electron chi connectivity index (χ3n) is 4.72. The summed E-state index contributed by atoms with van der Waals surface area (Å²) in [5.74, 6) is 0.599. The second-order valence-corrected chi connectivity index (χ2v) is 6.95. The summed E-state index contributed by atoms with van der Waals surface area (Å²) in [5.41, 5.74) is 6.08. The lowest BCUT2D eigenvalue weighted by molar-refractivity contribution is -0.125. The summed E-state index contributed by atoms with van der Waals surface area (Å²) in [4.78, 5) is 12.1. The summed E-state index contributed by atoms with van der Waals surface area (Å²) in [7, 11) is 0. The Morgan fingerprint density at radius 1 is 1.24 bits per heavy atom. The molecular formula is C14H28N2O. The lowest BCUT2D eigenvalue weighted by Gasteiger charge is -2.17. The highest BCUT2D eigenvalue weighted by Gasteiger charge is 2.65. The zero-order chi connectivity index (χ0) is 13.4. The second-order valence-electron chi connectivity index (χ2n) is 6.95. The van der Waals surface area contributed by atoms with E-state index in [1.54, 1.807) is 0 Å². The quantitative estimate of drug-likeness (QED) is 0.773. The van der Waals surface area contributed by atoms with E-state index in [-0.39, 0.29) is 28.7 Å². The maximum atomic E-state index is 12.1. The van der Waals surface area contributed by atoms with Crippen LogP contribution in [0.1, 0.15) is 48.0 Å². The summed E-state index contributed by atoms with van der Waals surface area (Å²) >= 11 is 0. The van der Waals surface area contributed by atoms with Crippen molar-refractivity contribution < 1.29 is 4.79 Å². The molecule has 1 amide bonds. The fourth-order valence-corrected chi connectivity index (χ4v) is 2.70. The van der Waals surface area contributed by atoms with Gasteiger partial charge in [-0.1, -0.05) is 41.5 Å². The highest BCUT2D eigenvalue weighted by molar-refractivity contribution is 5.80. The van der Waals surface area contributed by atoms with Crippen LogP contribution in [0.15, 0.2) is 0 Å². The first-order chi connectivity index (χ1) is 7.64. The largest absolute Gasteiger partial charge is 0.352 e. The van der Waals surface area contributed by atoms with Crippen LogP contribution in [0.25, 0.3) is 0 Å². The third-order valence-corrected chi connectivity index (χ3v) is 4.72. The van der Waals surface area contributed by atoms with Crippen molar-refractivity contribution in [1.82, 2.24) is 5.32 Å². The zero-order valence-corrected chi connectivity index (χ0v) is 12.1. The lowest BCUT2D eigenvalue weighted by Crippen LogP contribution is -2.39. The van der Waals surface area contributed by atoms with E-state index in [4.69, 9.17) is 5.73 Å². The highest BCUT2D eigenvalue weighted by Crippen LogP contribution is 2.62. The normalized spacial score (nSPS) is 23.5. The molecule has 100 valence electrons. The van der Waals surface area contributed by atoms with Gasteiger partial charge in [-0.2, -0.15) is 0 Å². The molecule has 1 fully saturated rings. The Morgan fingerprint density at radius 3 is 2.00 bits per heavy atom. The fraction of sp³-hybridized carbons (Fsp3) is 0.929. The first kappa shape index (κ1) is 14.5. The molecule has 17 heavy (non-hydrogen) atoms. The average molecular weight is 240 g/mol. The molecule has 0 bridgehead atoms. The Bertz CT molecular complexity index is 281. The molecule has 1 rings (SSSR count). The topological polar surface area (TPSA) is 55.1 Å². The first-order valence-corrected chi connectivity index (χ1v) is 6.65. The summed E-state index contributed by atoms with van der Waals surface area (Å²) in [6.07, 6.45) is 0.871. The van der Waals surface area contributed by atoms with Crippen molar-refractivity contribution in [2.24, 2.45) is 28.4 Å². The Morgan fingerprint density at radius 2 is 1.71 bits per heavy atom. The van der Waals surface area contributed by atoms with Crippen molar-refractivity contribution in [2.45, 2.75) is 54.0 Å². The summed E-state index contributed by atoms with van der Waals surface area (Å²) in [5, 5.41) is 3.17. The van der Waals surface area contributed by atoms with Crippen LogP contribution in [0, 0.1) is 22.7 Å². The number of rotatable bonds is 5. The summed E-state index contributed by atoms with van der Waals surface area (Å²) < 4.78 is 0. The van der Waals surface area contributed by atoms with Gasteiger partial charge in [-0.15, -0.1) is 0 Å². The van der Waals surface area contributed by atoms with Gasteiger partial charge in [0.1, 0.15) is 0 Å². The molecule has 0 aromatic rings. The van der Waals surface area contributed by atoms with Crippen molar-refractivity contribution >= 4 is 5.91 Å². The van der Waals surface area contributed by atoms with Crippen LogP contribution in [0.2, 0.25) is 0 Å². The minimum atomic E-state index is -0.0396. The summed E-state index contributed by atoms with van der Waals surface area (Å²) in [6.45, 7) is 13.5. The molecule has 0 heterocycles. The van der Waals surface area contributed by atoms with E-state index < -0.39 is 0 Å². The molecule has 1 saturated carbocycles. The molecule has 3 heteroatoms. The van der Waals surface area contributed by atoms with Crippen LogP contribution >= 0.6 is 0 Å². The molecule has 1 aliphatic carbocycles. The molecule has 0 aliphatic heterocycles. The Hall–Kier alpha value is -0.570. The number of amides is 1. The monoisotopic (exact) mass is 240 g/mol. The van der Waals surface area contributed by atoms with Crippen LogP contribution in [-0.2, 0) is 4.79 Å². The van der Waals surface area contributed by atoms with Gasteiger partial charge in [-0.3, -0.25) is 4.79 Å². The maximum absolute atomic E-state index is 12.1. The highest BCUT2D eigenvalue weighted by atomic mass is 16.2. The van der Waals surface area contributed by atoms with Gasteiger partial charge in [-0.25, -0.2) is 0 Å². The van der Waals surface area contributed by atoms with Crippen LogP contribution in [0.5, 0.6) is 0 Å². The number of nitrogens with two attached hydrogens (primary N) is 1. The van der Waals surface area contributed by atoms with E-state index in [0.717, 1.165) is 6.42 Å². The number of nitrogens with one attached hydrogen (secondary N) is 1. The van der Waals surface area contributed by atoms with Gasteiger partial charge in [0.05, 0.1) is 5.92 Å². The van der Waals surface area contributed by atoms with Crippen LogP contribution < -0.4 is 11.1 Å². The van der Waals surface area contributed by atoms with Gasteiger partial charge in [0.15, 0.2) is 0 Å². The van der Waals surface area contributed by atoms with E-state index >= 15 is 0 Å². The van der Waals surface area contributed by atoms with E-state index in [0.29, 0.717) is 12.5 Å². The Kier molecular flexibility index (Phi) is 3.92. The van der Waals surface area contributed by atoms with Crippen molar-refractivity contribution in [3.8, 4) is 0 Å². The second kappa shape index (κ2) is 4.60. The summed E-state index contributed by atoms with van der Waals surface area (Å²) in [6, 6.07) is 0.281. The van der Waals surface area contributed by atoms with Crippen molar-refractivity contribution in [2.75, 3.05) is 6.54 Å². The number of hydrogen-bond acceptors (Lipinski definition) is 2. The minimum absolute atomic E-state index is 0.0396. The standard InChI is InChI=1S/C14H28N2O/c1-9(2)7-10(8-15)11(17)16-12-13(3,4)14(12,5)6/h9-10,12H,7-8,15H2,1-6H3,(H,16,17). The molecule has 0 aromatic carbocycles. The van der Waals surface area contributed by atoms with Crippen LogP contribution in [0.3, 0.4) is 0 Å². The van der Waals surface area contributed by atoms with Crippen molar-refractivity contribution in [3.63, 3.8) is 0 Å². The SMILES string of the molecule is CC(C)CC(CN)C(=O)NC1C(C)(C)C1(C)C. The molecule has 0 aromatic heterocycles. The average Bonchev–Trinajstić information content (AvgIpc) is 2.56. The fourth-order valence-electron chi connectivity index (χ4n) is 2.70. The van der Waals surface area contributed by atoms with Gasteiger partial charge < -0.3 is 11.1 Å². The molecule has 0 spiro atoms. The van der Waals surface area contributed by atoms with Crippen LogP contribution in [0.4, 0.5) is 0 Å². The van der Waals surface area contributed by atoms with Crippen molar-refractivity contribution in [3.05, 3.63) is 0 Å². The van der Waals surface area contributed by atoms with Gasteiger partial charge in [0.25, 0.3) is 0 Å². The smallest absolute Gasteiger partial charge is 0.224 e. The van der Waals surface area contributed by atoms with Gasteiger partial charge in [0, 0.05) is 12.6 Å². The molecule has 0 radical (unpaired) electrons. The molecule has 0 saturated heterocycles. The van der Waals surface area contributed by atoms with Gasteiger partial charge in [-0.05, 0) is 23.2 Å². The zero-order valence-electron chi connectivity index (χ0n) is 12.1. The van der Waals surface area contributed by atoms with E-state index in [2.05, 4.69) is 46.9 Å². The molecule has 1 aliphatic rings. The molecule has 1 unspecified atom stereocenters. The molecule has 1 atom stereocenters. The number of carbonyl (C=O) groups is 1. The maximum Gasteiger partial charge on any atom is 0.224 e. The lowest BCUT2D eigenvalue weighted by atomic mass is 9.96. The minimum Gasteiger partial charge on any atom is -0.352 e. The Labute approximate surface area is 106 Å². The molecular weight excluding hydrogens is 212 g/mol. The van der Waals surface area contributed by atoms with E-state index in [1.807, 2.05) is 0 Å². The molecule has 3 N–H and O–H groups in total. The van der Waals surface area contributed by atoms with Crippen molar-refractivity contribution in [1.29, 1.82) is 0 Å². The number of carbonyl (C=O) groups excluding carboxylic acids is 1. The van der Waals surface area contributed by atoms with Gasteiger partial charge >= 0.3 is 0 Å².